The zero-order valence-electron chi connectivity index (χ0n) is 13.3. The Labute approximate surface area is 143 Å². The first kappa shape index (κ1) is 16.1. The minimum absolute atomic E-state index is 0.351. The van der Waals surface area contributed by atoms with Crippen LogP contribution < -0.4 is 10.1 Å². The van der Waals surface area contributed by atoms with Crippen LogP contribution in [0.15, 0.2) is 54.9 Å². The number of aromatic nitrogens is 4. The third-order valence-electron chi connectivity index (χ3n) is 3.42. The van der Waals surface area contributed by atoms with Gasteiger partial charge >= 0.3 is 0 Å². The van der Waals surface area contributed by atoms with Gasteiger partial charge in [0.1, 0.15) is 18.1 Å². The van der Waals surface area contributed by atoms with Gasteiger partial charge in [0, 0.05) is 6.07 Å². The molecule has 0 aliphatic heterocycles. The van der Waals surface area contributed by atoms with Crippen molar-refractivity contribution in [1.29, 1.82) is 5.26 Å². The topological polar surface area (TPSA) is 106 Å². The monoisotopic (exact) mass is 334 g/mol. The number of amides is 1. The van der Waals surface area contributed by atoms with Gasteiger partial charge in [-0.2, -0.15) is 5.26 Å². The second kappa shape index (κ2) is 7.23. The van der Waals surface area contributed by atoms with Gasteiger partial charge < -0.3 is 10.1 Å². The quantitative estimate of drug-likeness (QED) is 0.764. The molecule has 1 amide bonds. The van der Waals surface area contributed by atoms with Crippen molar-refractivity contribution in [2.45, 2.75) is 13.0 Å². The van der Waals surface area contributed by atoms with Crippen molar-refractivity contribution in [2.24, 2.45) is 0 Å². The summed E-state index contributed by atoms with van der Waals surface area (Å²) in [5, 5.41) is 22.7. The van der Waals surface area contributed by atoms with Crippen molar-refractivity contribution in [2.75, 3.05) is 5.32 Å². The van der Waals surface area contributed by atoms with Crippen molar-refractivity contribution in [3.63, 3.8) is 0 Å². The van der Waals surface area contributed by atoms with Crippen molar-refractivity contribution < 1.29 is 9.53 Å². The van der Waals surface area contributed by atoms with Gasteiger partial charge in [0.05, 0.1) is 16.9 Å². The highest BCUT2D eigenvalue weighted by molar-refractivity contribution is 5.95. The molecule has 1 heterocycles. The molecular formula is C17H14N6O2. The normalized spacial score (nSPS) is 11.4. The summed E-state index contributed by atoms with van der Waals surface area (Å²) in [5.74, 6) is 0.153. The summed E-state index contributed by atoms with van der Waals surface area (Å²) >= 11 is 0. The Morgan fingerprint density at radius 3 is 2.88 bits per heavy atom. The van der Waals surface area contributed by atoms with Crippen LogP contribution in [0.2, 0.25) is 0 Å². The lowest BCUT2D eigenvalue weighted by atomic mass is 10.2. The van der Waals surface area contributed by atoms with E-state index in [0.717, 1.165) is 0 Å². The SMILES string of the molecule is C[C@H](Oc1cccc(-n2cnnn2)c1)C(=O)Nc1ccccc1C#N. The van der Waals surface area contributed by atoms with Crippen LogP contribution in [0.1, 0.15) is 12.5 Å². The lowest BCUT2D eigenvalue weighted by Gasteiger charge is -2.15. The molecule has 0 fully saturated rings. The fourth-order valence-electron chi connectivity index (χ4n) is 2.16. The maximum absolute atomic E-state index is 12.3. The first-order chi connectivity index (χ1) is 12.2. The highest BCUT2D eigenvalue weighted by Gasteiger charge is 2.16. The van der Waals surface area contributed by atoms with Crippen LogP contribution in [-0.2, 0) is 4.79 Å². The Balaban J connectivity index is 1.70. The molecule has 1 atom stereocenters. The second-order valence-electron chi connectivity index (χ2n) is 5.16. The molecule has 8 heteroatoms. The first-order valence-corrected chi connectivity index (χ1v) is 7.47. The predicted octanol–water partition coefficient (Wildman–Crippen LogP) is 1.94. The minimum Gasteiger partial charge on any atom is -0.481 e. The summed E-state index contributed by atoms with van der Waals surface area (Å²) in [7, 11) is 0. The fraction of sp³-hybridized carbons (Fsp3) is 0.118. The molecule has 8 nitrogen and oxygen atoms in total. The minimum atomic E-state index is -0.754. The Morgan fingerprint density at radius 2 is 2.12 bits per heavy atom. The van der Waals surface area contributed by atoms with E-state index in [9.17, 15) is 4.79 Å². The fourth-order valence-corrected chi connectivity index (χ4v) is 2.16. The molecular weight excluding hydrogens is 320 g/mol. The van der Waals surface area contributed by atoms with Gasteiger partial charge in [0.2, 0.25) is 0 Å². The molecule has 0 spiro atoms. The Kier molecular flexibility index (Phi) is 4.67. The van der Waals surface area contributed by atoms with E-state index < -0.39 is 6.10 Å². The van der Waals surface area contributed by atoms with Crippen molar-refractivity contribution in [3.05, 3.63) is 60.4 Å². The average Bonchev–Trinajstić information content (AvgIpc) is 3.17. The van der Waals surface area contributed by atoms with Crippen LogP contribution in [0.25, 0.3) is 5.69 Å². The average molecular weight is 334 g/mol. The molecule has 3 aromatic rings. The molecule has 0 saturated carbocycles. The zero-order chi connectivity index (χ0) is 17.6. The van der Waals surface area contributed by atoms with E-state index in [2.05, 4.69) is 20.8 Å². The molecule has 0 radical (unpaired) electrons. The molecule has 25 heavy (non-hydrogen) atoms. The number of nitriles is 1. The molecule has 0 unspecified atom stereocenters. The van der Waals surface area contributed by atoms with Crippen LogP contribution in [0.5, 0.6) is 5.75 Å². The zero-order valence-corrected chi connectivity index (χ0v) is 13.3. The van der Waals surface area contributed by atoms with Crippen LogP contribution in [0.4, 0.5) is 5.69 Å². The lowest BCUT2D eigenvalue weighted by Crippen LogP contribution is -2.30. The van der Waals surface area contributed by atoms with Crippen molar-refractivity contribution in [3.8, 4) is 17.5 Å². The molecule has 2 aromatic carbocycles. The summed E-state index contributed by atoms with van der Waals surface area (Å²) in [5.41, 5.74) is 1.56. The molecule has 0 saturated heterocycles. The summed E-state index contributed by atoms with van der Waals surface area (Å²) in [4.78, 5) is 12.3. The number of nitrogens with zero attached hydrogens (tertiary/aromatic N) is 5. The van der Waals surface area contributed by atoms with Gasteiger partial charge in [-0.25, -0.2) is 4.68 Å². The van der Waals surface area contributed by atoms with Crippen LogP contribution in [0.3, 0.4) is 0 Å². The van der Waals surface area contributed by atoms with Crippen molar-refractivity contribution >= 4 is 11.6 Å². The summed E-state index contributed by atoms with van der Waals surface area (Å²) in [6, 6.07) is 15.9. The van der Waals surface area contributed by atoms with Crippen LogP contribution >= 0.6 is 0 Å². The lowest BCUT2D eigenvalue weighted by molar-refractivity contribution is -0.122. The maximum Gasteiger partial charge on any atom is 0.265 e. The molecule has 0 bridgehead atoms. The summed E-state index contributed by atoms with van der Waals surface area (Å²) in [6.07, 6.45) is 0.713. The van der Waals surface area contributed by atoms with E-state index >= 15 is 0 Å². The third kappa shape index (κ3) is 3.79. The van der Waals surface area contributed by atoms with E-state index in [1.165, 1.54) is 11.0 Å². The molecule has 0 aliphatic carbocycles. The van der Waals surface area contributed by atoms with E-state index in [-0.39, 0.29) is 5.91 Å². The van der Waals surface area contributed by atoms with Crippen molar-refractivity contribution in [1.82, 2.24) is 20.2 Å². The van der Waals surface area contributed by atoms with Crippen LogP contribution in [0, 0.1) is 11.3 Å². The number of hydrogen-bond acceptors (Lipinski definition) is 6. The highest BCUT2D eigenvalue weighted by atomic mass is 16.5. The molecule has 3 rings (SSSR count). The van der Waals surface area contributed by atoms with E-state index in [1.807, 2.05) is 12.1 Å². The Bertz CT molecular complexity index is 917. The standard InChI is InChI=1S/C17H14N6O2/c1-12(17(24)20-16-8-3-2-5-13(16)10-18)25-15-7-4-6-14(9-15)23-11-19-21-22-23/h2-9,11-12H,1H3,(H,20,24)/t12-/m0/s1. The van der Waals surface area contributed by atoms with Gasteiger partial charge in [0.25, 0.3) is 5.91 Å². The number of tetrazole rings is 1. The number of anilines is 1. The van der Waals surface area contributed by atoms with Gasteiger partial charge in [-0.3, -0.25) is 4.79 Å². The summed E-state index contributed by atoms with van der Waals surface area (Å²) in [6.45, 7) is 1.63. The van der Waals surface area contributed by atoms with Gasteiger partial charge in [-0.15, -0.1) is 5.10 Å². The number of hydrogen-bond donors (Lipinski definition) is 1. The Morgan fingerprint density at radius 1 is 1.28 bits per heavy atom. The number of benzene rings is 2. The largest absolute Gasteiger partial charge is 0.481 e. The number of rotatable bonds is 5. The smallest absolute Gasteiger partial charge is 0.265 e. The molecule has 0 aliphatic rings. The number of carbonyl (C=O) groups excluding carboxylic acids is 1. The molecule has 124 valence electrons. The second-order valence-corrected chi connectivity index (χ2v) is 5.16. The number of para-hydroxylation sites is 1. The predicted molar refractivity (Wildman–Crippen MR) is 89.0 cm³/mol. The van der Waals surface area contributed by atoms with Crippen LogP contribution in [-0.4, -0.2) is 32.2 Å². The number of ether oxygens (including phenoxy) is 1. The third-order valence-corrected chi connectivity index (χ3v) is 3.42. The van der Waals surface area contributed by atoms with E-state index in [1.54, 1.807) is 49.4 Å². The molecule has 1 aromatic heterocycles. The molecule has 1 N–H and O–H groups in total. The number of nitrogens with one attached hydrogen (secondary N) is 1. The maximum atomic E-state index is 12.3. The first-order valence-electron chi connectivity index (χ1n) is 7.47. The van der Waals surface area contributed by atoms with E-state index in [0.29, 0.717) is 22.7 Å². The van der Waals surface area contributed by atoms with Gasteiger partial charge in [-0.1, -0.05) is 18.2 Å². The van der Waals surface area contributed by atoms with Gasteiger partial charge in [-0.05, 0) is 41.6 Å². The van der Waals surface area contributed by atoms with Gasteiger partial charge in [0.15, 0.2) is 6.10 Å². The Hall–Kier alpha value is -3.73. The summed E-state index contributed by atoms with van der Waals surface area (Å²) < 4.78 is 7.17. The number of carbonyl (C=O) groups is 1. The highest BCUT2D eigenvalue weighted by Crippen LogP contribution is 2.18. The van der Waals surface area contributed by atoms with E-state index in [4.69, 9.17) is 10.00 Å².